The number of fused-ring (bicyclic) bond motifs is 1. The van der Waals surface area contributed by atoms with E-state index in [1.807, 2.05) is 0 Å². The van der Waals surface area contributed by atoms with E-state index in [2.05, 4.69) is 0 Å². The lowest BCUT2D eigenvalue weighted by Gasteiger charge is -2.26. The highest BCUT2D eigenvalue weighted by Crippen LogP contribution is 2.41. The quantitative estimate of drug-likeness (QED) is 0.656. The summed E-state index contributed by atoms with van der Waals surface area (Å²) in [4.78, 5) is 14.0. The van der Waals surface area contributed by atoms with E-state index in [1.54, 1.807) is 43.4 Å². The lowest BCUT2D eigenvalue weighted by Crippen LogP contribution is -2.40. The highest BCUT2D eigenvalue weighted by atomic mass is 32.2. The zero-order valence-corrected chi connectivity index (χ0v) is 13.1. The van der Waals surface area contributed by atoms with Crippen LogP contribution in [0.3, 0.4) is 0 Å². The minimum Gasteiger partial charge on any atom is -0.399 e. The molecule has 1 atom stereocenters. The predicted molar refractivity (Wildman–Crippen MR) is 87.5 cm³/mol. The largest absolute Gasteiger partial charge is 0.399 e. The molecule has 0 aliphatic carbocycles. The molecule has 1 unspecified atom stereocenters. The number of para-hydroxylation sites is 1. The second-order valence-electron chi connectivity index (χ2n) is 5.23. The van der Waals surface area contributed by atoms with Gasteiger partial charge in [-0.3, -0.25) is 9.35 Å². The van der Waals surface area contributed by atoms with Gasteiger partial charge in [-0.1, -0.05) is 24.3 Å². The van der Waals surface area contributed by atoms with Crippen LogP contribution in [0.4, 0.5) is 17.1 Å². The van der Waals surface area contributed by atoms with Crippen molar-refractivity contribution < 1.29 is 17.8 Å². The average Bonchev–Trinajstić information content (AvgIpc) is 2.72. The third kappa shape index (κ3) is 2.51. The van der Waals surface area contributed by atoms with E-state index >= 15 is 0 Å². The number of likely N-dealkylation sites (N-methyl/N-ethyl adjacent to an activating group) is 1. The number of nitrogens with two attached hydrogens (primary N) is 1. The molecular weight excluding hydrogens is 318 g/mol. The smallest absolute Gasteiger partial charge is 0.361 e. The molecule has 8 heteroatoms. The zero-order valence-electron chi connectivity index (χ0n) is 12.2. The SMILES string of the molecule is CN1C(=O)C(N(c2cccc(N)c2)S(=O)(=O)O)c2ccccc21. The summed E-state index contributed by atoms with van der Waals surface area (Å²) >= 11 is 0. The number of amides is 1. The van der Waals surface area contributed by atoms with E-state index in [-0.39, 0.29) is 5.69 Å². The van der Waals surface area contributed by atoms with Crippen LogP contribution in [0.5, 0.6) is 0 Å². The third-order valence-corrected chi connectivity index (χ3v) is 4.68. The molecule has 0 aromatic heterocycles. The molecule has 120 valence electrons. The molecule has 1 amide bonds. The van der Waals surface area contributed by atoms with Crippen molar-refractivity contribution in [2.24, 2.45) is 0 Å². The van der Waals surface area contributed by atoms with E-state index in [1.165, 1.54) is 17.0 Å². The van der Waals surface area contributed by atoms with Crippen LogP contribution in [-0.2, 0) is 15.1 Å². The normalized spacial score (nSPS) is 17.2. The van der Waals surface area contributed by atoms with Gasteiger partial charge in [0.05, 0.1) is 5.69 Å². The summed E-state index contributed by atoms with van der Waals surface area (Å²) in [5.74, 6) is -0.453. The van der Waals surface area contributed by atoms with Crippen molar-refractivity contribution in [2.45, 2.75) is 6.04 Å². The molecule has 0 fully saturated rings. The molecule has 0 radical (unpaired) electrons. The van der Waals surface area contributed by atoms with Crippen molar-refractivity contribution in [2.75, 3.05) is 22.0 Å². The van der Waals surface area contributed by atoms with E-state index in [0.717, 1.165) is 0 Å². The Balaban J connectivity index is 2.21. The minimum atomic E-state index is -4.69. The van der Waals surface area contributed by atoms with Crippen LogP contribution >= 0.6 is 0 Å². The Kier molecular flexibility index (Phi) is 3.50. The summed E-state index contributed by atoms with van der Waals surface area (Å²) in [6.07, 6.45) is 0. The highest BCUT2D eigenvalue weighted by Gasteiger charge is 2.43. The molecule has 0 spiro atoms. The second kappa shape index (κ2) is 5.25. The van der Waals surface area contributed by atoms with E-state index in [0.29, 0.717) is 21.2 Å². The Morgan fingerprint density at radius 3 is 2.52 bits per heavy atom. The highest BCUT2D eigenvalue weighted by molar-refractivity contribution is 7.87. The first kappa shape index (κ1) is 15.3. The average molecular weight is 333 g/mol. The van der Waals surface area contributed by atoms with Gasteiger partial charge in [-0.05, 0) is 24.3 Å². The van der Waals surface area contributed by atoms with Crippen molar-refractivity contribution in [3.63, 3.8) is 0 Å². The molecule has 0 saturated carbocycles. The van der Waals surface area contributed by atoms with E-state index in [9.17, 15) is 17.8 Å². The fourth-order valence-electron chi connectivity index (χ4n) is 2.76. The standard InChI is InChI=1S/C15H15N3O4S/c1-17-13-8-3-2-7-12(13)14(15(17)19)18(23(20,21)22)11-6-4-5-10(16)9-11/h2-9,14H,16H2,1H3,(H,20,21,22). The maximum absolute atomic E-state index is 12.6. The zero-order chi connectivity index (χ0) is 16.8. The monoisotopic (exact) mass is 333 g/mol. The number of anilines is 3. The minimum absolute atomic E-state index is 0.121. The van der Waals surface area contributed by atoms with Crippen LogP contribution in [0.15, 0.2) is 48.5 Å². The van der Waals surface area contributed by atoms with Crippen molar-refractivity contribution in [3.8, 4) is 0 Å². The van der Waals surface area contributed by atoms with Gasteiger partial charge in [-0.15, -0.1) is 0 Å². The topological polar surface area (TPSA) is 104 Å². The lowest BCUT2D eigenvalue weighted by molar-refractivity contribution is -0.118. The third-order valence-electron chi connectivity index (χ3n) is 3.76. The first-order valence-corrected chi connectivity index (χ1v) is 8.19. The van der Waals surface area contributed by atoms with Crippen molar-refractivity contribution >= 4 is 33.3 Å². The van der Waals surface area contributed by atoms with Crippen LogP contribution in [0.1, 0.15) is 11.6 Å². The van der Waals surface area contributed by atoms with Crippen LogP contribution in [0.25, 0.3) is 0 Å². The van der Waals surface area contributed by atoms with Gasteiger partial charge in [-0.2, -0.15) is 8.42 Å². The van der Waals surface area contributed by atoms with Gasteiger partial charge in [-0.25, -0.2) is 4.31 Å². The van der Waals surface area contributed by atoms with Crippen LogP contribution < -0.4 is 14.9 Å². The molecule has 7 nitrogen and oxygen atoms in total. The molecule has 1 aliphatic heterocycles. The van der Waals surface area contributed by atoms with Crippen LogP contribution in [0.2, 0.25) is 0 Å². The number of hydrogen-bond acceptors (Lipinski definition) is 4. The van der Waals surface area contributed by atoms with Gasteiger partial charge in [0.15, 0.2) is 6.04 Å². The Labute approximate surface area is 133 Å². The molecule has 3 rings (SSSR count). The van der Waals surface area contributed by atoms with Gasteiger partial charge in [0.1, 0.15) is 0 Å². The molecule has 23 heavy (non-hydrogen) atoms. The second-order valence-corrected chi connectivity index (χ2v) is 6.52. The fraction of sp³-hybridized carbons (Fsp3) is 0.133. The van der Waals surface area contributed by atoms with Crippen molar-refractivity contribution in [1.82, 2.24) is 0 Å². The maximum atomic E-state index is 12.6. The summed E-state index contributed by atoms with van der Waals surface area (Å²) in [6, 6.07) is 11.7. The molecule has 1 heterocycles. The number of rotatable bonds is 3. The number of nitrogen functional groups attached to an aromatic ring is 1. The Bertz CT molecular complexity index is 882. The van der Waals surface area contributed by atoms with Gasteiger partial charge in [0, 0.05) is 24.0 Å². The first-order chi connectivity index (χ1) is 10.8. The lowest BCUT2D eigenvalue weighted by atomic mass is 10.1. The Hall–Kier alpha value is -2.58. The Morgan fingerprint density at radius 1 is 1.17 bits per heavy atom. The molecule has 2 aromatic rings. The van der Waals surface area contributed by atoms with Crippen molar-refractivity contribution in [3.05, 3.63) is 54.1 Å². The van der Waals surface area contributed by atoms with Crippen LogP contribution in [-0.4, -0.2) is 25.9 Å². The fourth-order valence-corrected chi connectivity index (χ4v) is 3.61. The first-order valence-electron chi connectivity index (χ1n) is 6.79. The molecule has 2 aromatic carbocycles. The predicted octanol–water partition coefficient (Wildman–Crippen LogP) is 1.60. The number of carbonyl (C=O) groups excluding carboxylic acids is 1. The van der Waals surface area contributed by atoms with Gasteiger partial charge >= 0.3 is 10.3 Å². The van der Waals surface area contributed by atoms with Gasteiger partial charge in [0.25, 0.3) is 5.91 Å². The van der Waals surface area contributed by atoms with Crippen LogP contribution in [0, 0.1) is 0 Å². The summed E-state index contributed by atoms with van der Waals surface area (Å²) < 4.78 is 34.3. The molecule has 1 aliphatic rings. The van der Waals surface area contributed by atoms with E-state index < -0.39 is 22.3 Å². The number of benzene rings is 2. The van der Waals surface area contributed by atoms with Gasteiger partial charge in [0.2, 0.25) is 0 Å². The Morgan fingerprint density at radius 2 is 1.87 bits per heavy atom. The van der Waals surface area contributed by atoms with Crippen molar-refractivity contribution in [1.29, 1.82) is 0 Å². The molecule has 3 N–H and O–H groups in total. The van der Waals surface area contributed by atoms with Gasteiger partial charge < -0.3 is 10.6 Å². The number of nitrogens with zero attached hydrogens (tertiary/aromatic N) is 2. The summed E-state index contributed by atoms with van der Waals surface area (Å²) in [5.41, 5.74) is 7.24. The summed E-state index contributed by atoms with van der Waals surface area (Å²) in [7, 11) is -3.13. The molecular formula is C15H15N3O4S. The number of hydrogen-bond donors (Lipinski definition) is 2. The number of carbonyl (C=O) groups is 1. The molecule has 0 saturated heterocycles. The molecule has 0 bridgehead atoms. The summed E-state index contributed by atoms with van der Waals surface area (Å²) in [6.45, 7) is 0. The van der Waals surface area contributed by atoms with E-state index in [4.69, 9.17) is 5.73 Å². The maximum Gasteiger partial charge on any atom is 0.361 e. The summed E-state index contributed by atoms with van der Waals surface area (Å²) in [5, 5.41) is 0.